The van der Waals surface area contributed by atoms with Gasteiger partial charge >= 0.3 is 6.09 Å². The van der Waals surface area contributed by atoms with Crippen LogP contribution in [0.15, 0.2) is 36.7 Å². The Morgan fingerprint density at radius 3 is 2.79 bits per heavy atom. The van der Waals surface area contributed by atoms with Gasteiger partial charge in [0, 0.05) is 30.5 Å². The van der Waals surface area contributed by atoms with Crippen LogP contribution in [-0.2, 0) is 4.74 Å². The molecule has 0 spiro atoms. The van der Waals surface area contributed by atoms with Crippen molar-refractivity contribution in [3.8, 4) is 5.75 Å². The molecule has 1 fully saturated rings. The molecule has 1 aromatic heterocycles. The van der Waals surface area contributed by atoms with Gasteiger partial charge in [-0.1, -0.05) is 17.7 Å². The van der Waals surface area contributed by atoms with Crippen molar-refractivity contribution in [1.29, 1.82) is 0 Å². The van der Waals surface area contributed by atoms with Crippen molar-refractivity contribution in [2.24, 2.45) is 0 Å². The summed E-state index contributed by atoms with van der Waals surface area (Å²) >= 11 is 5.94. The fraction of sp³-hybridized carbons (Fsp3) is 0.400. The Balaban J connectivity index is 1.69. The summed E-state index contributed by atoms with van der Waals surface area (Å²) < 4.78 is 25.8. The molecule has 1 aliphatic heterocycles. The topological polar surface area (TPSA) is 76.6 Å². The molecule has 34 heavy (non-hydrogen) atoms. The van der Waals surface area contributed by atoms with Gasteiger partial charge in [0.15, 0.2) is 5.82 Å². The van der Waals surface area contributed by atoms with Crippen molar-refractivity contribution in [1.82, 2.24) is 14.9 Å². The standard InChI is InChI=1S/C25H28ClFN4O3/c1-25(2,3)34-24(32)31-10-6-7-15(13-31)16-11-17-20(12-21(16)33-4)28-14-29-23(17)30-19-9-5-8-18(26)22(19)27/h5,8-9,11-12,14-15H,6-7,10,13H2,1-4H3,(H,28,29,30). The molecule has 1 saturated heterocycles. The van der Waals surface area contributed by atoms with Crippen LogP contribution in [0.4, 0.5) is 20.7 Å². The zero-order valence-electron chi connectivity index (χ0n) is 19.7. The summed E-state index contributed by atoms with van der Waals surface area (Å²) in [6.07, 6.45) is 2.83. The van der Waals surface area contributed by atoms with Gasteiger partial charge in [-0.15, -0.1) is 0 Å². The van der Waals surface area contributed by atoms with E-state index in [0.29, 0.717) is 35.6 Å². The lowest BCUT2D eigenvalue weighted by molar-refractivity contribution is 0.0197. The highest BCUT2D eigenvalue weighted by molar-refractivity contribution is 6.31. The Morgan fingerprint density at radius 1 is 1.26 bits per heavy atom. The lowest BCUT2D eigenvalue weighted by Crippen LogP contribution is -2.42. The van der Waals surface area contributed by atoms with E-state index >= 15 is 0 Å². The first-order chi connectivity index (χ1) is 16.2. The summed E-state index contributed by atoms with van der Waals surface area (Å²) in [5, 5.41) is 3.78. The van der Waals surface area contributed by atoms with Gasteiger partial charge in [0.1, 0.15) is 23.5 Å². The van der Waals surface area contributed by atoms with Gasteiger partial charge in [0.05, 0.1) is 23.3 Å². The van der Waals surface area contributed by atoms with E-state index in [1.54, 1.807) is 24.1 Å². The Morgan fingerprint density at radius 2 is 2.06 bits per heavy atom. The van der Waals surface area contributed by atoms with Gasteiger partial charge in [-0.2, -0.15) is 0 Å². The lowest BCUT2D eigenvalue weighted by atomic mass is 9.89. The van der Waals surface area contributed by atoms with Crippen molar-refractivity contribution < 1.29 is 18.7 Å². The van der Waals surface area contributed by atoms with Gasteiger partial charge in [-0.3, -0.25) is 0 Å². The molecule has 180 valence electrons. The van der Waals surface area contributed by atoms with E-state index in [0.717, 1.165) is 18.4 Å². The molecule has 1 unspecified atom stereocenters. The number of piperidine rings is 1. The maximum atomic E-state index is 14.5. The molecule has 0 bridgehead atoms. The minimum Gasteiger partial charge on any atom is -0.496 e. The van der Waals surface area contributed by atoms with Gasteiger partial charge in [-0.05, 0) is 57.4 Å². The van der Waals surface area contributed by atoms with Crippen LogP contribution in [0.1, 0.15) is 45.1 Å². The van der Waals surface area contributed by atoms with Gasteiger partial charge in [-0.25, -0.2) is 19.2 Å². The maximum absolute atomic E-state index is 14.5. The normalized spacial score (nSPS) is 16.4. The highest BCUT2D eigenvalue weighted by atomic mass is 35.5. The number of nitrogens with one attached hydrogen (secondary N) is 1. The minimum atomic E-state index is -0.557. The van der Waals surface area contributed by atoms with E-state index in [9.17, 15) is 9.18 Å². The van der Waals surface area contributed by atoms with Crippen molar-refractivity contribution in [3.63, 3.8) is 0 Å². The molecule has 0 saturated carbocycles. The second-order valence-electron chi connectivity index (χ2n) is 9.33. The number of methoxy groups -OCH3 is 1. The Labute approximate surface area is 203 Å². The Kier molecular flexibility index (Phi) is 6.79. The second kappa shape index (κ2) is 9.62. The minimum absolute atomic E-state index is 0.0233. The SMILES string of the molecule is COc1cc2ncnc(Nc3cccc(Cl)c3F)c2cc1C1CCCN(C(=O)OC(C)(C)C)C1. The Bertz CT molecular complexity index is 1210. The molecular formula is C25H28ClFN4O3. The molecule has 2 aromatic carbocycles. The van der Waals surface area contributed by atoms with Crippen LogP contribution in [0, 0.1) is 5.82 Å². The fourth-order valence-corrected chi connectivity index (χ4v) is 4.32. The van der Waals surface area contributed by atoms with E-state index in [1.807, 2.05) is 32.9 Å². The number of amides is 1. The quantitative estimate of drug-likeness (QED) is 0.467. The predicted octanol–water partition coefficient (Wildman–Crippen LogP) is 6.29. The summed E-state index contributed by atoms with van der Waals surface area (Å²) in [7, 11) is 1.61. The number of rotatable bonds is 4. The van der Waals surface area contributed by atoms with Crippen LogP contribution >= 0.6 is 11.6 Å². The number of likely N-dealkylation sites (tertiary alicyclic amines) is 1. The highest BCUT2D eigenvalue weighted by Crippen LogP contribution is 2.38. The fourth-order valence-electron chi connectivity index (χ4n) is 4.15. The molecule has 7 nitrogen and oxygen atoms in total. The first kappa shape index (κ1) is 24.0. The zero-order valence-corrected chi connectivity index (χ0v) is 20.4. The molecule has 1 atom stereocenters. The number of anilines is 2. The summed E-state index contributed by atoms with van der Waals surface area (Å²) in [5.41, 5.74) is 1.25. The number of nitrogens with zero attached hydrogens (tertiary/aromatic N) is 3. The molecule has 2 heterocycles. The van der Waals surface area contributed by atoms with Crippen LogP contribution in [-0.4, -0.2) is 46.8 Å². The van der Waals surface area contributed by atoms with E-state index in [4.69, 9.17) is 21.1 Å². The van der Waals surface area contributed by atoms with Crippen LogP contribution in [0.25, 0.3) is 10.9 Å². The molecular weight excluding hydrogens is 459 g/mol. The van der Waals surface area contributed by atoms with Crippen LogP contribution in [0.5, 0.6) is 5.75 Å². The Hall–Kier alpha value is -3.13. The van der Waals surface area contributed by atoms with Crippen molar-refractivity contribution in [2.45, 2.75) is 45.1 Å². The van der Waals surface area contributed by atoms with E-state index < -0.39 is 11.4 Å². The summed E-state index contributed by atoms with van der Waals surface area (Å²) in [5.74, 6) is 0.624. The number of fused-ring (bicyclic) bond motifs is 1. The molecule has 9 heteroatoms. The molecule has 1 N–H and O–H groups in total. The lowest BCUT2D eigenvalue weighted by Gasteiger charge is -2.34. The van der Waals surface area contributed by atoms with Crippen LogP contribution in [0.2, 0.25) is 5.02 Å². The molecule has 4 rings (SSSR count). The number of halogens is 2. The first-order valence-corrected chi connectivity index (χ1v) is 11.6. The van der Waals surface area contributed by atoms with E-state index in [2.05, 4.69) is 15.3 Å². The van der Waals surface area contributed by atoms with Crippen LogP contribution < -0.4 is 10.1 Å². The zero-order chi connectivity index (χ0) is 24.5. The number of ether oxygens (including phenoxy) is 2. The second-order valence-corrected chi connectivity index (χ2v) is 9.73. The summed E-state index contributed by atoms with van der Waals surface area (Å²) in [6, 6.07) is 8.56. The number of carbonyl (C=O) groups is 1. The first-order valence-electron chi connectivity index (χ1n) is 11.2. The van der Waals surface area contributed by atoms with Crippen molar-refractivity contribution >= 4 is 40.1 Å². The van der Waals surface area contributed by atoms with Gasteiger partial charge in [0.25, 0.3) is 0 Å². The smallest absolute Gasteiger partial charge is 0.410 e. The molecule has 0 radical (unpaired) electrons. The van der Waals surface area contributed by atoms with Crippen molar-refractivity contribution in [2.75, 3.05) is 25.5 Å². The number of hydrogen-bond acceptors (Lipinski definition) is 6. The number of aromatic nitrogens is 2. The largest absolute Gasteiger partial charge is 0.496 e. The number of benzene rings is 2. The third kappa shape index (κ3) is 5.17. The molecule has 3 aromatic rings. The number of hydrogen-bond donors (Lipinski definition) is 1. The predicted molar refractivity (Wildman–Crippen MR) is 131 cm³/mol. The van der Waals surface area contributed by atoms with E-state index in [1.165, 1.54) is 12.4 Å². The van der Waals surface area contributed by atoms with Gasteiger partial charge < -0.3 is 19.7 Å². The summed E-state index contributed by atoms with van der Waals surface area (Å²) in [4.78, 5) is 23.1. The molecule has 1 amide bonds. The third-order valence-corrected chi connectivity index (χ3v) is 6.00. The number of carbonyl (C=O) groups excluding carboxylic acids is 1. The molecule has 1 aliphatic rings. The average molecular weight is 487 g/mol. The summed E-state index contributed by atoms with van der Waals surface area (Å²) in [6.45, 7) is 6.73. The van der Waals surface area contributed by atoms with Gasteiger partial charge in [0.2, 0.25) is 0 Å². The van der Waals surface area contributed by atoms with E-state index in [-0.39, 0.29) is 22.7 Å². The van der Waals surface area contributed by atoms with Crippen LogP contribution in [0.3, 0.4) is 0 Å². The highest BCUT2D eigenvalue weighted by Gasteiger charge is 2.30. The van der Waals surface area contributed by atoms with Crippen molar-refractivity contribution in [3.05, 3.63) is 53.1 Å². The third-order valence-electron chi connectivity index (χ3n) is 5.70. The maximum Gasteiger partial charge on any atom is 0.410 e. The average Bonchev–Trinajstić information content (AvgIpc) is 2.80. The monoisotopic (exact) mass is 486 g/mol. The molecule has 0 aliphatic carbocycles.